The highest BCUT2D eigenvalue weighted by Gasteiger charge is 2.63. The average molecular weight is 298 g/mol. The molecular weight excluding hydrogens is 278 g/mol. The average Bonchev–Trinajstić information content (AvgIpc) is 2.89. The van der Waals surface area contributed by atoms with Crippen LogP contribution in [0.3, 0.4) is 0 Å². The summed E-state index contributed by atoms with van der Waals surface area (Å²) < 4.78 is 0. The summed E-state index contributed by atoms with van der Waals surface area (Å²) >= 11 is 6.10. The zero-order valence-electron chi connectivity index (χ0n) is 12.0. The molecule has 2 fully saturated rings. The Hall–Kier alpha value is -1.07. The zero-order valence-corrected chi connectivity index (χ0v) is 12.8. The van der Waals surface area contributed by atoms with Gasteiger partial charge in [-0.25, -0.2) is 0 Å². The number of fused-ring (bicyclic) bond motifs is 1. The smallest absolute Gasteiger partial charge is 0.275 e. The standard InChI is InChI=1S/C14H20ClN3O2/c1-8-10(15)11(17-16-8)12(20)18-4-9-13(2,3)5-14(9,6-18)7-19/h9,19H,4-7H2,1-3H3,(H,16,17)/t9-,14-/m1/s1. The summed E-state index contributed by atoms with van der Waals surface area (Å²) in [5, 5.41) is 16.9. The first-order chi connectivity index (χ1) is 9.31. The highest BCUT2D eigenvalue weighted by atomic mass is 35.5. The van der Waals surface area contributed by atoms with Crippen molar-refractivity contribution in [3.8, 4) is 0 Å². The molecule has 1 saturated carbocycles. The fourth-order valence-corrected chi connectivity index (χ4v) is 4.37. The third kappa shape index (κ3) is 1.72. The lowest BCUT2D eigenvalue weighted by atomic mass is 9.48. The van der Waals surface area contributed by atoms with Crippen LogP contribution in [-0.4, -0.2) is 45.8 Å². The maximum Gasteiger partial charge on any atom is 0.275 e. The second kappa shape index (κ2) is 4.21. The molecule has 20 heavy (non-hydrogen) atoms. The van der Waals surface area contributed by atoms with E-state index < -0.39 is 0 Å². The third-order valence-corrected chi connectivity index (χ3v) is 5.54. The van der Waals surface area contributed by atoms with E-state index in [4.69, 9.17) is 11.6 Å². The highest BCUT2D eigenvalue weighted by Crippen LogP contribution is 2.62. The van der Waals surface area contributed by atoms with Crippen LogP contribution in [0, 0.1) is 23.7 Å². The monoisotopic (exact) mass is 297 g/mol. The predicted octanol–water partition coefficient (Wildman–Crippen LogP) is 1.85. The van der Waals surface area contributed by atoms with Crippen LogP contribution >= 0.6 is 11.6 Å². The number of H-pyrrole nitrogens is 1. The number of hydrogen-bond acceptors (Lipinski definition) is 3. The number of nitrogens with zero attached hydrogens (tertiary/aromatic N) is 2. The van der Waals surface area contributed by atoms with Crippen molar-refractivity contribution < 1.29 is 9.90 Å². The number of nitrogens with one attached hydrogen (secondary N) is 1. The summed E-state index contributed by atoms with van der Waals surface area (Å²) in [6, 6.07) is 0. The summed E-state index contributed by atoms with van der Waals surface area (Å²) in [5.74, 6) is 0.208. The van der Waals surface area contributed by atoms with Gasteiger partial charge in [0, 0.05) is 18.5 Å². The fourth-order valence-electron chi connectivity index (χ4n) is 4.20. The number of aliphatic hydroxyl groups is 1. The van der Waals surface area contributed by atoms with E-state index in [1.165, 1.54) is 0 Å². The molecular formula is C14H20ClN3O2. The van der Waals surface area contributed by atoms with Gasteiger partial charge in [0.05, 0.1) is 17.3 Å². The van der Waals surface area contributed by atoms with Gasteiger partial charge in [0.25, 0.3) is 5.91 Å². The van der Waals surface area contributed by atoms with Gasteiger partial charge in [-0.15, -0.1) is 0 Å². The molecule has 2 aliphatic rings. The van der Waals surface area contributed by atoms with Crippen LogP contribution in [0.1, 0.15) is 36.5 Å². The Labute approximate surface area is 123 Å². The first-order valence-corrected chi connectivity index (χ1v) is 7.29. The van der Waals surface area contributed by atoms with Crippen LogP contribution in [0.15, 0.2) is 0 Å². The van der Waals surface area contributed by atoms with Crippen molar-refractivity contribution in [1.82, 2.24) is 15.1 Å². The zero-order chi connectivity index (χ0) is 14.7. The van der Waals surface area contributed by atoms with Gasteiger partial charge in [0.2, 0.25) is 0 Å². The summed E-state index contributed by atoms with van der Waals surface area (Å²) in [5.41, 5.74) is 1.05. The second-order valence-corrected chi connectivity index (χ2v) is 7.31. The van der Waals surface area contributed by atoms with Gasteiger partial charge < -0.3 is 10.0 Å². The number of halogens is 1. The first-order valence-electron chi connectivity index (χ1n) is 6.91. The van der Waals surface area contributed by atoms with Gasteiger partial charge in [0.15, 0.2) is 5.69 Å². The van der Waals surface area contributed by atoms with Gasteiger partial charge in [-0.05, 0) is 24.7 Å². The molecule has 1 amide bonds. The number of rotatable bonds is 2. The van der Waals surface area contributed by atoms with Crippen LogP contribution in [0.25, 0.3) is 0 Å². The highest BCUT2D eigenvalue weighted by molar-refractivity contribution is 6.34. The number of amides is 1. The van der Waals surface area contributed by atoms with Gasteiger partial charge in [-0.3, -0.25) is 9.89 Å². The minimum Gasteiger partial charge on any atom is -0.396 e. The molecule has 5 nitrogen and oxygen atoms in total. The minimum absolute atomic E-state index is 0.128. The first kappa shape index (κ1) is 13.9. The molecule has 1 saturated heterocycles. The van der Waals surface area contributed by atoms with E-state index in [0.717, 1.165) is 6.42 Å². The Kier molecular flexibility index (Phi) is 2.93. The molecule has 6 heteroatoms. The van der Waals surface area contributed by atoms with E-state index in [-0.39, 0.29) is 29.0 Å². The molecule has 0 bridgehead atoms. The number of hydrogen-bond donors (Lipinski definition) is 2. The summed E-state index contributed by atoms with van der Waals surface area (Å²) in [7, 11) is 0. The van der Waals surface area contributed by atoms with Crippen LogP contribution in [0.2, 0.25) is 5.02 Å². The van der Waals surface area contributed by atoms with Crippen molar-refractivity contribution in [2.45, 2.75) is 27.2 Å². The molecule has 2 atom stereocenters. The molecule has 1 aromatic rings. The van der Waals surface area contributed by atoms with Crippen molar-refractivity contribution >= 4 is 17.5 Å². The van der Waals surface area contributed by atoms with E-state index in [9.17, 15) is 9.90 Å². The van der Waals surface area contributed by atoms with Crippen LogP contribution in [-0.2, 0) is 0 Å². The lowest BCUT2D eigenvalue weighted by molar-refractivity contribution is -0.0977. The molecule has 0 radical (unpaired) electrons. The third-order valence-electron chi connectivity index (χ3n) is 5.08. The van der Waals surface area contributed by atoms with Crippen LogP contribution < -0.4 is 0 Å². The van der Waals surface area contributed by atoms with Gasteiger partial charge in [0.1, 0.15) is 0 Å². The lowest BCUT2D eigenvalue weighted by Gasteiger charge is -2.55. The second-order valence-electron chi connectivity index (χ2n) is 6.94. The Morgan fingerprint density at radius 1 is 1.60 bits per heavy atom. The number of carbonyl (C=O) groups excluding carboxylic acids is 1. The Morgan fingerprint density at radius 3 is 2.75 bits per heavy atom. The number of aliphatic hydroxyl groups excluding tert-OH is 1. The predicted molar refractivity (Wildman–Crippen MR) is 75.6 cm³/mol. The van der Waals surface area contributed by atoms with Gasteiger partial charge in [-0.1, -0.05) is 25.4 Å². The number of aromatic nitrogens is 2. The molecule has 1 aliphatic carbocycles. The summed E-state index contributed by atoms with van der Waals surface area (Å²) in [6.07, 6.45) is 0.957. The van der Waals surface area contributed by atoms with Crippen molar-refractivity contribution in [3.63, 3.8) is 0 Å². The quantitative estimate of drug-likeness (QED) is 0.875. The van der Waals surface area contributed by atoms with Crippen molar-refractivity contribution in [2.24, 2.45) is 16.7 Å². The fraction of sp³-hybridized carbons (Fsp3) is 0.714. The molecule has 0 aromatic carbocycles. The van der Waals surface area contributed by atoms with Gasteiger partial charge in [-0.2, -0.15) is 5.10 Å². The molecule has 3 rings (SSSR count). The maximum absolute atomic E-state index is 12.5. The number of aromatic amines is 1. The molecule has 0 spiro atoms. The number of aryl methyl sites for hydroxylation is 1. The SMILES string of the molecule is Cc1[nH]nc(C(=O)N2C[C@@H]3C(C)(C)C[C@]3(CO)C2)c1Cl. The van der Waals surface area contributed by atoms with E-state index >= 15 is 0 Å². The van der Waals surface area contributed by atoms with E-state index in [0.29, 0.717) is 29.7 Å². The maximum atomic E-state index is 12.5. The van der Waals surface area contributed by atoms with E-state index in [1.54, 1.807) is 11.8 Å². The van der Waals surface area contributed by atoms with Gasteiger partial charge >= 0.3 is 0 Å². The largest absolute Gasteiger partial charge is 0.396 e. The van der Waals surface area contributed by atoms with Crippen molar-refractivity contribution in [3.05, 3.63) is 16.4 Å². The number of carbonyl (C=O) groups is 1. The summed E-state index contributed by atoms with van der Waals surface area (Å²) in [4.78, 5) is 14.3. The summed E-state index contributed by atoms with van der Waals surface area (Å²) in [6.45, 7) is 7.60. The Balaban J connectivity index is 1.84. The van der Waals surface area contributed by atoms with Crippen molar-refractivity contribution in [2.75, 3.05) is 19.7 Å². The van der Waals surface area contributed by atoms with E-state index in [2.05, 4.69) is 24.0 Å². The molecule has 1 aromatic heterocycles. The molecule has 110 valence electrons. The molecule has 1 aliphatic heterocycles. The van der Waals surface area contributed by atoms with Crippen LogP contribution in [0.4, 0.5) is 0 Å². The Bertz CT molecular complexity index is 569. The molecule has 2 heterocycles. The molecule has 0 unspecified atom stereocenters. The minimum atomic E-state index is -0.141. The molecule has 2 N–H and O–H groups in total. The normalized spacial score (nSPS) is 31.1. The Morgan fingerprint density at radius 2 is 2.30 bits per heavy atom. The number of likely N-dealkylation sites (tertiary alicyclic amines) is 1. The van der Waals surface area contributed by atoms with E-state index in [1.807, 2.05) is 0 Å². The van der Waals surface area contributed by atoms with Crippen LogP contribution in [0.5, 0.6) is 0 Å². The lowest BCUT2D eigenvalue weighted by Crippen LogP contribution is -2.54. The van der Waals surface area contributed by atoms with Crippen molar-refractivity contribution in [1.29, 1.82) is 0 Å². The topological polar surface area (TPSA) is 69.2 Å².